The van der Waals surface area contributed by atoms with Gasteiger partial charge in [-0.1, -0.05) is 215 Å². The molecule has 114 heavy (non-hydrogen) atoms. The van der Waals surface area contributed by atoms with E-state index in [1.54, 1.807) is 18.5 Å². The molecule has 0 saturated heterocycles. The molecule has 6 aliphatic carbocycles. The fraction of sp³-hybridized carbons (Fsp3) is 0.312. The van der Waals surface area contributed by atoms with Crippen LogP contribution in [0, 0.1) is 76.4 Å². The van der Waals surface area contributed by atoms with Gasteiger partial charge in [-0.2, -0.15) is 0 Å². The number of rotatable bonds is 3. The van der Waals surface area contributed by atoms with Gasteiger partial charge < -0.3 is 34.6 Å². The zero-order valence-electron chi connectivity index (χ0n) is 66.5. The number of nitrogens with zero attached hydrogens (tertiary/aromatic N) is 6. The monoisotopic (exact) mass is 2670 g/mol. The van der Waals surface area contributed by atoms with E-state index >= 15 is 0 Å². The van der Waals surface area contributed by atoms with Crippen molar-refractivity contribution in [3.8, 4) is 73.3 Å². The van der Waals surface area contributed by atoms with Crippen LogP contribution in [-0.2, 0) is 165 Å². The van der Waals surface area contributed by atoms with E-state index in [4.69, 9.17) is 9.72 Å². The van der Waals surface area contributed by atoms with E-state index in [-0.39, 0.29) is 188 Å². The standard InChI is InChI=1S/C20H24N.C18H20N.C16H14NO.C14H10BrFN.C14H10F2N.C14H11FN.6Pt/c1-18(2,3)20(19(4,5)6)15-11-8-7-10-14(15)17-16(20)12-9-13-21-17;1-4-13(2)12-18(3)15-9-6-5-8-14(15)17-16(18)10-7-11-19-17;1-16(2)12-4-3-8-17-14(12)11-6-5-10-7-9-18-15(10)13(11)16;1-14(2)9-4-3-7-17-13(9)8-5-6-10(16)12(15)11(8)14;1-14(2)11-5-8(15)3-4-10(11)13-12(14)6-9(16)7-17-13;1-14(2)11-4-3-7-16-13(11)10-6-5-9(15)8-12(10)14;;;;;;/h7-9,11-13H,1-6H3;5-7,9-11,13H,4,12H2,1-3H3;3-5,8H,7,9H2,1-2H3;3-4,6-7H,1-2H3;3,5-7H,1-2H3;3-5,7-8H,1-2H3;;;;;;/q6*-1;;;;;;. The summed E-state index contributed by atoms with van der Waals surface area (Å²) < 4.78 is 59.8. The molecule has 0 spiro atoms. The zero-order valence-corrected chi connectivity index (χ0v) is 81.7. The molecule has 7 heterocycles. The third kappa shape index (κ3) is 16.0. The topological polar surface area (TPSA) is 86.6 Å². The number of halogens is 5. The molecule has 0 amide bonds. The molecule has 1 aliphatic heterocycles. The summed E-state index contributed by atoms with van der Waals surface area (Å²) in [7, 11) is 0. The van der Waals surface area contributed by atoms with E-state index < -0.39 is 5.41 Å². The molecule has 6 aromatic heterocycles. The molecule has 0 fully saturated rings. The van der Waals surface area contributed by atoms with Crippen LogP contribution in [0.1, 0.15) is 203 Å². The molecular formula is C96H89BrF4N6OPt6-6. The van der Waals surface area contributed by atoms with E-state index in [0.717, 1.165) is 103 Å². The van der Waals surface area contributed by atoms with Gasteiger partial charge in [-0.15, -0.1) is 170 Å². The van der Waals surface area contributed by atoms with Crippen LogP contribution >= 0.6 is 15.9 Å². The van der Waals surface area contributed by atoms with E-state index in [1.165, 1.54) is 99.4 Å². The summed E-state index contributed by atoms with van der Waals surface area (Å²) >= 11 is 3.34. The number of fused-ring (bicyclic) bond motifs is 20. The van der Waals surface area contributed by atoms with Crippen molar-refractivity contribution in [3.05, 3.63) is 313 Å². The number of benzene rings is 6. The first-order chi connectivity index (χ1) is 51.2. The van der Waals surface area contributed by atoms with Crippen molar-refractivity contribution in [2.24, 2.45) is 16.7 Å². The molecule has 0 radical (unpaired) electrons. The first kappa shape index (κ1) is 93.8. The van der Waals surface area contributed by atoms with Gasteiger partial charge in [-0.05, 0) is 137 Å². The van der Waals surface area contributed by atoms with Crippen molar-refractivity contribution < 1.29 is 149 Å². The van der Waals surface area contributed by atoms with Crippen LogP contribution in [0.25, 0.3) is 67.5 Å². The molecule has 12 aromatic rings. The minimum atomic E-state index is -0.432. The predicted octanol–water partition coefficient (Wildman–Crippen LogP) is 23.8. The Hall–Kier alpha value is -5.65. The van der Waals surface area contributed by atoms with Gasteiger partial charge in [0.25, 0.3) is 0 Å². The van der Waals surface area contributed by atoms with Gasteiger partial charge in [0.15, 0.2) is 0 Å². The van der Waals surface area contributed by atoms with Gasteiger partial charge in [-0.25, -0.2) is 4.39 Å². The fourth-order valence-corrected chi connectivity index (χ4v) is 19.5. The summed E-state index contributed by atoms with van der Waals surface area (Å²) in [5, 5.41) is 0. The van der Waals surface area contributed by atoms with Crippen LogP contribution in [0.15, 0.2) is 181 Å². The molecule has 7 aliphatic rings. The Morgan fingerprint density at radius 1 is 0.421 bits per heavy atom. The SMILES string of the molecule is CC(C)(C)C1(C(C)(C)C)c2ccc[c-]c2-c2ncccc21.CC1(C)c2cc(F)c[c-]c2-c2ncc(F)cc21.CC1(C)c2cc(F)c[c-]c2-c2ncccc21.CC1(C)c2cccnc2-c2[c-]cc(F)c(Br)c21.CC1(C)c2cccnc2-c2[c-]cc3c(c21)OCC3.CCC(C)CC1(C)c2ccc[c-]c2-c2ncccc21.[Pt].[Pt].[Pt].[Pt].[Pt].[Pt]. The van der Waals surface area contributed by atoms with E-state index in [0.29, 0.717) is 16.1 Å². The Morgan fingerprint density at radius 3 is 1.31 bits per heavy atom. The number of aromatic nitrogens is 6. The Balaban J connectivity index is 0.000000170. The smallest absolute Gasteiger partial charge is 0.140 e. The van der Waals surface area contributed by atoms with Crippen LogP contribution in [0.2, 0.25) is 0 Å². The average molecular weight is 2670 g/mol. The summed E-state index contributed by atoms with van der Waals surface area (Å²) in [6, 6.07) is 63.2. The molecule has 18 heteroatoms. The summed E-state index contributed by atoms with van der Waals surface area (Å²) in [6.45, 7) is 38.5. The van der Waals surface area contributed by atoms with Crippen molar-refractivity contribution in [3.63, 3.8) is 0 Å². The van der Waals surface area contributed by atoms with Crippen LogP contribution in [0.3, 0.4) is 0 Å². The Bertz CT molecular complexity index is 5380. The zero-order chi connectivity index (χ0) is 77.0. The second-order valence-electron chi connectivity index (χ2n) is 33.7. The fourth-order valence-electron chi connectivity index (χ4n) is 18.6. The van der Waals surface area contributed by atoms with Gasteiger partial charge >= 0.3 is 0 Å². The molecule has 2 unspecified atom stereocenters. The second kappa shape index (κ2) is 35.7. The summed E-state index contributed by atoms with van der Waals surface area (Å²) in [6.07, 6.45) is 13.7. The first-order valence-corrected chi connectivity index (χ1v) is 38.0. The minimum Gasteiger partial charge on any atom is -0.513 e. The molecule has 2 atom stereocenters. The van der Waals surface area contributed by atoms with E-state index in [1.807, 2.05) is 74.9 Å². The maximum absolute atomic E-state index is 13.6. The first-order valence-electron chi connectivity index (χ1n) is 37.2. The Morgan fingerprint density at radius 2 is 0.798 bits per heavy atom. The molecule has 6 aromatic carbocycles. The van der Waals surface area contributed by atoms with Crippen LogP contribution in [0.4, 0.5) is 17.6 Å². The molecule has 610 valence electrons. The third-order valence-corrected chi connectivity index (χ3v) is 24.4. The molecule has 0 N–H and O–H groups in total. The van der Waals surface area contributed by atoms with Crippen molar-refractivity contribution >= 4 is 15.9 Å². The maximum Gasteiger partial charge on any atom is 0.140 e. The van der Waals surface area contributed by atoms with E-state index in [2.05, 4.69) is 242 Å². The Kier molecular flexibility index (Phi) is 29.4. The minimum absolute atomic E-state index is 0. The van der Waals surface area contributed by atoms with Crippen molar-refractivity contribution in [1.29, 1.82) is 0 Å². The van der Waals surface area contributed by atoms with Gasteiger partial charge in [0.05, 0.1) is 18.6 Å². The quantitative estimate of drug-likeness (QED) is 0.129. The van der Waals surface area contributed by atoms with Crippen LogP contribution in [0.5, 0.6) is 5.75 Å². The van der Waals surface area contributed by atoms with Gasteiger partial charge in [0.1, 0.15) is 5.82 Å². The van der Waals surface area contributed by atoms with Crippen molar-refractivity contribution in [2.75, 3.05) is 6.61 Å². The van der Waals surface area contributed by atoms with Crippen LogP contribution in [-0.4, -0.2) is 36.5 Å². The Labute approximate surface area is 765 Å². The third-order valence-electron chi connectivity index (χ3n) is 23.6. The molecule has 0 saturated carbocycles. The van der Waals surface area contributed by atoms with Gasteiger partial charge in [0.2, 0.25) is 0 Å². The number of pyridine rings is 6. The number of hydrogen-bond donors (Lipinski definition) is 0. The molecule has 0 bridgehead atoms. The molecule has 7 nitrogen and oxygen atoms in total. The van der Waals surface area contributed by atoms with Crippen molar-refractivity contribution in [1.82, 2.24) is 29.9 Å². The number of ether oxygens (including phenoxy) is 1. The summed E-state index contributed by atoms with van der Waals surface area (Å²) in [5.74, 6) is 0.579. The predicted molar refractivity (Wildman–Crippen MR) is 427 cm³/mol. The van der Waals surface area contributed by atoms with Crippen molar-refractivity contribution in [2.45, 2.75) is 169 Å². The number of hydrogen-bond acceptors (Lipinski definition) is 7. The maximum atomic E-state index is 13.6. The van der Waals surface area contributed by atoms with Gasteiger partial charge in [-0.3, -0.25) is 13.2 Å². The summed E-state index contributed by atoms with van der Waals surface area (Å²) in [5.41, 5.74) is 26.4. The molecular weight excluding hydrogens is 2580 g/mol. The summed E-state index contributed by atoms with van der Waals surface area (Å²) in [4.78, 5) is 26.7. The van der Waals surface area contributed by atoms with Crippen LogP contribution < -0.4 is 4.74 Å². The normalized spacial score (nSPS) is 16.3. The van der Waals surface area contributed by atoms with E-state index in [9.17, 15) is 17.6 Å². The molecule has 19 rings (SSSR count). The largest absolute Gasteiger partial charge is 0.513 e. The van der Waals surface area contributed by atoms with Gasteiger partial charge in [0, 0.05) is 175 Å². The average Bonchev–Trinajstić information content (AvgIpc) is 1.51. The second-order valence-corrected chi connectivity index (χ2v) is 34.5.